The summed E-state index contributed by atoms with van der Waals surface area (Å²) >= 11 is 0. The molecule has 0 radical (unpaired) electrons. The van der Waals surface area contributed by atoms with Crippen LogP contribution in [0.15, 0.2) is 122 Å². The maximum Gasteiger partial charge on any atom is 0.472 e. The summed E-state index contributed by atoms with van der Waals surface area (Å²) in [6.45, 7) is 4.69. The Balaban J connectivity index is 5.47. The minimum atomic E-state index is -5.00. The molecule has 0 aromatic heterocycles. The zero-order chi connectivity index (χ0) is 76.0. The summed E-state index contributed by atoms with van der Waals surface area (Å²) in [6, 6.07) is 0. The number of aliphatic hydroxyl groups is 1. The van der Waals surface area contributed by atoms with Crippen molar-refractivity contribution >= 4 is 39.5 Å². The molecule has 19 heteroatoms. The van der Waals surface area contributed by atoms with Crippen LogP contribution < -0.4 is 0 Å². The van der Waals surface area contributed by atoms with Crippen molar-refractivity contribution in [3.05, 3.63) is 122 Å². The first-order valence-electron chi connectivity index (χ1n) is 40.8. The van der Waals surface area contributed by atoms with E-state index in [2.05, 4.69) is 125 Å². The molecular weight excluding hydrogens is 1350 g/mol. The topological polar surface area (TPSA) is 237 Å². The van der Waals surface area contributed by atoms with Crippen molar-refractivity contribution in [3.63, 3.8) is 0 Å². The van der Waals surface area contributed by atoms with E-state index in [1.165, 1.54) is 103 Å². The highest BCUT2D eigenvalue weighted by Gasteiger charge is 2.30. The van der Waals surface area contributed by atoms with Gasteiger partial charge in [0, 0.05) is 25.7 Å². The monoisotopic (exact) mass is 1500 g/mol. The van der Waals surface area contributed by atoms with E-state index in [1.807, 2.05) is 24.3 Å². The van der Waals surface area contributed by atoms with Gasteiger partial charge in [-0.1, -0.05) is 278 Å². The van der Waals surface area contributed by atoms with Crippen LogP contribution >= 0.6 is 15.6 Å². The Kier molecular flexibility index (Phi) is 73.3. The molecule has 0 rings (SSSR count). The maximum atomic E-state index is 13.1. The van der Waals surface area contributed by atoms with Gasteiger partial charge in [0.1, 0.15) is 19.3 Å². The number of hydrogen-bond donors (Lipinski definition) is 3. The van der Waals surface area contributed by atoms with E-state index in [4.69, 9.17) is 37.0 Å². The number of unbranched alkanes of at least 4 members (excludes halogenated alkanes) is 30. The van der Waals surface area contributed by atoms with Crippen LogP contribution in [-0.2, 0) is 65.4 Å². The van der Waals surface area contributed by atoms with E-state index < -0.39 is 97.5 Å². The van der Waals surface area contributed by atoms with Crippen LogP contribution in [-0.4, -0.2) is 96.7 Å². The predicted molar refractivity (Wildman–Crippen MR) is 427 cm³/mol. The zero-order valence-corrected chi connectivity index (χ0v) is 67.2. The molecule has 0 aliphatic carbocycles. The fourth-order valence-corrected chi connectivity index (χ4v) is 12.2. The molecule has 598 valence electrons. The van der Waals surface area contributed by atoms with Gasteiger partial charge in [-0.05, 0) is 154 Å². The standard InChI is InChI=1S/C85H146O17P2/c1-5-9-13-17-21-25-29-33-37-39-43-46-50-54-58-62-66-70-83(88)96-76-80(101-84(89)71-67-63-59-55-51-47-42-36-32-28-24-20-16-12-8-4)77-99-103(91,92)97-73-79(86)74-98-104(93,94)100-78-81(75-95-82(87)69-65-61-57-53-49-45-41-35-31-27-23-19-15-11-7-3)102-85(90)72-68-64-60-56-52-48-44-40-38-34-30-26-22-18-14-10-6-2/h21-22,25-26,28,32-35,37-38,41,43-44,46,48,54,56,58,60,79-81,86H,5-20,23-24,27,29-31,36,39-40,42,45,47,49-53,55,57,59,61-78H2,1-4H3,(H,91,92)(H,93,94)/b25-21-,26-22-,32-28-,37-33-,38-34-,41-35-,46-43-,48-44-,58-54-,60-56-/t79-,80-,81-/m1/s1. The van der Waals surface area contributed by atoms with Crippen LogP contribution in [0, 0.1) is 0 Å². The minimum Gasteiger partial charge on any atom is -0.462 e. The molecule has 0 aliphatic rings. The van der Waals surface area contributed by atoms with E-state index in [0.717, 1.165) is 141 Å². The number of phosphoric acid groups is 2. The molecule has 0 spiro atoms. The number of rotatable bonds is 76. The normalized spacial score (nSPS) is 14.5. The SMILES string of the molecule is CCCCC/C=C\C/C=C\C/C=C\C/C=C\CCCC(=O)OC[C@H](COP(=O)(O)OC[C@@H](O)COP(=O)(O)OC[C@@H](COC(=O)CCCCCCC/C=C\CCCCCCCC)OC(=O)CCC/C=C\C/C=C\C/C=C\C/C=C\CCCCC)OC(=O)CCCCCCCCC/C=C\CCCCCC. The second kappa shape index (κ2) is 76.6. The number of esters is 4. The van der Waals surface area contributed by atoms with Crippen molar-refractivity contribution < 1.29 is 80.2 Å². The van der Waals surface area contributed by atoms with Crippen molar-refractivity contribution in [2.45, 2.75) is 354 Å². The first-order chi connectivity index (χ1) is 50.7. The average Bonchev–Trinajstić information content (AvgIpc) is 0.909. The molecule has 0 aromatic carbocycles. The van der Waals surface area contributed by atoms with Crippen LogP contribution in [0.1, 0.15) is 336 Å². The Morgan fingerprint density at radius 2 is 0.481 bits per heavy atom. The van der Waals surface area contributed by atoms with E-state index >= 15 is 0 Å². The number of allylic oxidation sites excluding steroid dienone is 20. The fourth-order valence-electron chi connectivity index (χ4n) is 10.6. The molecule has 0 saturated heterocycles. The predicted octanol–water partition coefficient (Wildman–Crippen LogP) is 23.9. The highest BCUT2D eigenvalue weighted by atomic mass is 31.2. The van der Waals surface area contributed by atoms with Crippen LogP contribution in [0.25, 0.3) is 0 Å². The molecule has 0 amide bonds. The van der Waals surface area contributed by atoms with Gasteiger partial charge in [0.05, 0.1) is 26.4 Å². The second-order valence-electron chi connectivity index (χ2n) is 27.0. The molecule has 0 aliphatic heterocycles. The minimum absolute atomic E-state index is 0.0150. The largest absolute Gasteiger partial charge is 0.472 e. The van der Waals surface area contributed by atoms with Crippen LogP contribution in [0.4, 0.5) is 0 Å². The van der Waals surface area contributed by atoms with E-state index in [1.54, 1.807) is 0 Å². The first kappa shape index (κ1) is 99.5. The summed E-state index contributed by atoms with van der Waals surface area (Å²) in [4.78, 5) is 73.0. The van der Waals surface area contributed by atoms with E-state index in [-0.39, 0.29) is 25.7 Å². The second-order valence-corrected chi connectivity index (χ2v) is 29.9. The highest BCUT2D eigenvalue weighted by molar-refractivity contribution is 7.47. The molecular formula is C85H146O17P2. The quantitative estimate of drug-likeness (QED) is 0.0169. The summed E-state index contributed by atoms with van der Waals surface area (Å²) < 4.78 is 68.5. The molecule has 0 aromatic rings. The van der Waals surface area contributed by atoms with Gasteiger partial charge in [0.2, 0.25) is 0 Å². The molecule has 17 nitrogen and oxygen atoms in total. The highest BCUT2D eigenvalue weighted by Crippen LogP contribution is 2.45. The van der Waals surface area contributed by atoms with E-state index in [0.29, 0.717) is 38.5 Å². The molecule has 2 unspecified atom stereocenters. The van der Waals surface area contributed by atoms with Crippen molar-refractivity contribution in [3.8, 4) is 0 Å². The molecule has 0 fully saturated rings. The van der Waals surface area contributed by atoms with Crippen molar-refractivity contribution in [2.75, 3.05) is 39.6 Å². The van der Waals surface area contributed by atoms with Crippen LogP contribution in [0.3, 0.4) is 0 Å². The molecule has 5 atom stereocenters. The number of carbonyl (C=O) groups excluding carboxylic acids is 4. The van der Waals surface area contributed by atoms with E-state index in [9.17, 15) is 43.2 Å². The third-order valence-corrected chi connectivity index (χ3v) is 18.8. The van der Waals surface area contributed by atoms with Gasteiger partial charge in [0.15, 0.2) is 12.2 Å². The number of aliphatic hydroxyl groups excluding tert-OH is 1. The third kappa shape index (κ3) is 75.7. The number of phosphoric ester groups is 2. The molecule has 104 heavy (non-hydrogen) atoms. The fraction of sp³-hybridized carbons (Fsp3) is 0.718. The van der Waals surface area contributed by atoms with Gasteiger partial charge in [-0.3, -0.25) is 37.3 Å². The lowest BCUT2D eigenvalue weighted by molar-refractivity contribution is -0.161. The summed E-state index contributed by atoms with van der Waals surface area (Å²) in [6.07, 6.45) is 84.7. The molecule has 0 bridgehead atoms. The number of carbonyl (C=O) groups is 4. The number of ether oxygens (including phenoxy) is 4. The lowest BCUT2D eigenvalue weighted by Gasteiger charge is -2.21. The Hall–Kier alpha value is -4.54. The Morgan fingerprint density at radius 3 is 0.808 bits per heavy atom. The lowest BCUT2D eigenvalue weighted by atomic mass is 10.1. The molecule has 0 heterocycles. The van der Waals surface area contributed by atoms with Gasteiger partial charge in [-0.2, -0.15) is 0 Å². The van der Waals surface area contributed by atoms with Gasteiger partial charge < -0.3 is 33.8 Å². The summed E-state index contributed by atoms with van der Waals surface area (Å²) in [5.74, 6) is -2.31. The summed E-state index contributed by atoms with van der Waals surface area (Å²) in [5.41, 5.74) is 0. The van der Waals surface area contributed by atoms with Crippen molar-refractivity contribution in [1.29, 1.82) is 0 Å². The zero-order valence-electron chi connectivity index (χ0n) is 65.4. The molecule has 3 N–H and O–H groups in total. The van der Waals surface area contributed by atoms with Crippen LogP contribution in [0.2, 0.25) is 0 Å². The number of hydrogen-bond acceptors (Lipinski definition) is 15. The maximum absolute atomic E-state index is 13.1. The van der Waals surface area contributed by atoms with Gasteiger partial charge in [0.25, 0.3) is 0 Å². The van der Waals surface area contributed by atoms with Crippen molar-refractivity contribution in [2.24, 2.45) is 0 Å². The van der Waals surface area contributed by atoms with Crippen molar-refractivity contribution in [1.82, 2.24) is 0 Å². The Bertz CT molecular complexity index is 2440. The molecule has 0 saturated carbocycles. The van der Waals surface area contributed by atoms with Gasteiger partial charge in [-0.25, -0.2) is 9.13 Å². The summed E-state index contributed by atoms with van der Waals surface area (Å²) in [7, 11) is -10.00. The summed E-state index contributed by atoms with van der Waals surface area (Å²) in [5, 5.41) is 10.6. The Morgan fingerprint density at radius 1 is 0.269 bits per heavy atom. The average molecular weight is 1500 g/mol. The third-order valence-electron chi connectivity index (χ3n) is 16.9. The Labute approximate surface area is 632 Å². The first-order valence-corrected chi connectivity index (χ1v) is 43.8. The van der Waals surface area contributed by atoms with Crippen LogP contribution in [0.5, 0.6) is 0 Å². The smallest absolute Gasteiger partial charge is 0.462 e. The van der Waals surface area contributed by atoms with Gasteiger partial charge >= 0.3 is 39.5 Å². The van der Waals surface area contributed by atoms with Gasteiger partial charge in [-0.15, -0.1) is 0 Å². The lowest BCUT2D eigenvalue weighted by Crippen LogP contribution is -2.30.